The molecule has 1 heterocycles. The Morgan fingerprint density at radius 3 is 2.59 bits per heavy atom. The zero-order valence-corrected chi connectivity index (χ0v) is 12.3. The number of hydrogen-bond acceptors (Lipinski definition) is 2. The Bertz CT molecular complexity index is 948. The van der Waals surface area contributed by atoms with Crippen LogP contribution in [0.5, 0.6) is 0 Å². The Balaban J connectivity index is 1.84. The molecule has 0 fully saturated rings. The van der Waals surface area contributed by atoms with E-state index in [0.717, 1.165) is 16.9 Å². The van der Waals surface area contributed by atoms with Crippen molar-refractivity contribution in [1.29, 1.82) is 0 Å². The van der Waals surface area contributed by atoms with Crippen LogP contribution in [0.15, 0.2) is 72.9 Å². The minimum Gasteiger partial charge on any atom is -0.219 e. The van der Waals surface area contributed by atoms with Crippen LogP contribution in [0.3, 0.4) is 0 Å². The average Bonchev–Trinajstić information content (AvgIpc) is 3.04. The SMILES string of the molecule is Cc1cccc(-c2cn(-c3cccc4ccccc34)nn2)c1. The molecule has 4 rings (SSSR count). The van der Waals surface area contributed by atoms with Crippen LogP contribution in [0.1, 0.15) is 5.56 Å². The van der Waals surface area contributed by atoms with Gasteiger partial charge in [-0.2, -0.15) is 0 Å². The van der Waals surface area contributed by atoms with E-state index in [1.807, 2.05) is 35.1 Å². The fourth-order valence-electron chi connectivity index (χ4n) is 2.73. The molecule has 0 N–H and O–H groups in total. The van der Waals surface area contributed by atoms with Gasteiger partial charge in [-0.05, 0) is 24.4 Å². The van der Waals surface area contributed by atoms with Gasteiger partial charge in [-0.15, -0.1) is 5.10 Å². The molecule has 3 heteroatoms. The number of fused-ring (bicyclic) bond motifs is 1. The first-order valence-electron chi connectivity index (χ1n) is 7.29. The van der Waals surface area contributed by atoms with E-state index in [1.165, 1.54) is 16.3 Å². The zero-order chi connectivity index (χ0) is 14.9. The molecule has 0 saturated heterocycles. The van der Waals surface area contributed by atoms with Gasteiger partial charge in [0, 0.05) is 10.9 Å². The van der Waals surface area contributed by atoms with Crippen molar-refractivity contribution in [2.45, 2.75) is 6.92 Å². The van der Waals surface area contributed by atoms with Gasteiger partial charge >= 0.3 is 0 Å². The molecule has 0 aliphatic heterocycles. The van der Waals surface area contributed by atoms with Crippen molar-refractivity contribution in [2.24, 2.45) is 0 Å². The molecule has 3 nitrogen and oxygen atoms in total. The van der Waals surface area contributed by atoms with Gasteiger partial charge in [0.05, 0.1) is 11.9 Å². The number of benzene rings is 3. The maximum absolute atomic E-state index is 4.32. The first-order chi connectivity index (χ1) is 10.8. The van der Waals surface area contributed by atoms with E-state index in [1.54, 1.807) is 0 Å². The maximum Gasteiger partial charge on any atom is 0.113 e. The van der Waals surface area contributed by atoms with Crippen LogP contribution in [-0.4, -0.2) is 15.0 Å². The largest absolute Gasteiger partial charge is 0.219 e. The van der Waals surface area contributed by atoms with Crippen molar-refractivity contribution in [3.8, 4) is 16.9 Å². The standard InChI is InChI=1S/C19H15N3/c1-14-6-4-9-16(12-14)18-13-22(21-20-18)19-11-5-8-15-7-2-3-10-17(15)19/h2-13H,1H3. The van der Waals surface area contributed by atoms with E-state index in [-0.39, 0.29) is 0 Å². The Morgan fingerprint density at radius 1 is 0.864 bits per heavy atom. The van der Waals surface area contributed by atoms with Gasteiger partial charge in [-0.3, -0.25) is 0 Å². The van der Waals surface area contributed by atoms with Gasteiger partial charge in [-0.1, -0.05) is 65.4 Å². The molecule has 0 aliphatic carbocycles. The van der Waals surface area contributed by atoms with E-state index >= 15 is 0 Å². The Labute approximate surface area is 128 Å². The summed E-state index contributed by atoms with van der Waals surface area (Å²) in [7, 11) is 0. The minimum atomic E-state index is 0.886. The fourth-order valence-corrected chi connectivity index (χ4v) is 2.73. The summed E-state index contributed by atoms with van der Waals surface area (Å²) in [5.74, 6) is 0. The molecule has 0 amide bonds. The highest BCUT2D eigenvalue weighted by Gasteiger charge is 2.08. The third-order valence-corrected chi connectivity index (χ3v) is 3.82. The summed E-state index contributed by atoms with van der Waals surface area (Å²) in [6.45, 7) is 2.08. The molecule has 0 spiro atoms. The molecule has 106 valence electrons. The lowest BCUT2D eigenvalue weighted by atomic mass is 10.1. The molecular weight excluding hydrogens is 270 g/mol. The van der Waals surface area contributed by atoms with Gasteiger partial charge in [0.25, 0.3) is 0 Å². The highest BCUT2D eigenvalue weighted by atomic mass is 15.4. The van der Waals surface area contributed by atoms with Crippen molar-refractivity contribution in [3.05, 3.63) is 78.5 Å². The van der Waals surface area contributed by atoms with E-state index in [0.29, 0.717) is 0 Å². The highest BCUT2D eigenvalue weighted by molar-refractivity contribution is 5.90. The van der Waals surface area contributed by atoms with Crippen molar-refractivity contribution >= 4 is 10.8 Å². The van der Waals surface area contributed by atoms with Crippen molar-refractivity contribution < 1.29 is 0 Å². The van der Waals surface area contributed by atoms with Crippen LogP contribution in [0.4, 0.5) is 0 Å². The maximum atomic E-state index is 4.32. The third-order valence-electron chi connectivity index (χ3n) is 3.82. The van der Waals surface area contributed by atoms with Gasteiger partial charge in [0.15, 0.2) is 0 Å². The quantitative estimate of drug-likeness (QED) is 0.546. The van der Waals surface area contributed by atoms with Crippen LogP contribution in [0, 0.1) is 6.92 Å². The summed E-state index contributed by atoms with van der Waals surface area (Å²) in [5.41, 5.74) is 4.24. The number of nitrogens with zero attached hydrogens (tertiary/aromatic N) is 3. The van der Waals surface area contributed by atoms with Gasteiger partial charge in [-0.25, -0.2) is 4.68 Å². The van der Waals surface area contributed by atoms with Gasteiger partial charge in [0.1, 0.15) is 5.69 Å². The van der Waals surface area contributed by atoms with Gasteiger partial charge < -0.3 is 0 Å². The van der Waals surface area contributed by atoms with Crippen LogP contribution in [0.2, 0.25) is 0 Å². The van der Waals surface area contributed by atoms with E-state index in [2.05, 4.69) is 59.7 Å². The molecule has 0 aliphatic rings. The van der Waals surface area contributed by atoms with Crippen LogP contribution in [-0.2, 0) is 0 Å². The second-order valence-electron chi connectivity index (χ2n) is 5.42. The Kier molecular flexibility index (Phi) is 2.97. The molecule has 0 bridgehead atoms. The second-order valence-corrected chi connectivity index (χ2v) is 5.42. The number of rotatable bonds is 2. The molecule has 0 saturated carbocycles. The smallest absolute Gasteiger partial charge is 0.113 e. The third kappa shape index (κ3) is 2.17. The minimum absolute atomic E-state index is 0.886. The topological polar surface area (TPSA) is 30.7 Å². The molecule has 4 aromatic rings. The fraction of sp³-hybridized carbons (Fsp3) is 0.0526. The first-order valence-corrected chi connectivity index (χ1v) is 7.29. The predicted molar refractivity (Wildman–Crippen MR) is 89.0 cm³/mol. The van der Waals surface area contributed by atoms with Crippen molar-refractivity contribution in [3.63, 3.8) is 0 Å². The molecule has 3 aromatic carbocycles. The molecule has 0 unspecified atom stereocenters. The lowest BCUT2D eigenvalue weighted by molar-refractivity contribution is 0.809. The lowest BCUT2D eigenvalue weighted by Gasteiger charge is -2.05. The van der Waals surface area contributed by atoms with Crippen LogP contribution < -0.4 is 0 Å². The Morgan fingerprint density at radius 2 is 1.68 bits per heavy atom. The van der Waals surface area contributed by atoms with Crippen LogP contribution in [0.25, 0.3) is 27.7 Å². The summed E-state index contributed by atoms with van der Waals surface area (Å²) < 4.78 is 1.85. The highest BCUT2D eigenvalue weighted by Crippen LogP contribution is 2.23. The van der Waals surface area contributed by atoms with E-state index < -0.39 is 0 Å². The van der Waals surface area contributed by atoms with Crippen molar-refractivity contribution in [1.82, 2.24) is 15.0 Å². The van der Waals surface area contributed by atoms with Gasteiger partial charge in [0.2, 0.25) is 0 Å². The number of aryl methyl sites for hydroxylation is 1. The molecule has 1 aromatic heterocycles. The molecule has 22 heavy (non-hydrogen) atoms. The summed E-state index contributed by atoms with van der Waals surface area (Å²) in [5, 5.41) is 11.0. The monoisotopic (exact) mass is 285 g/mol. The summed E-state index contributed by atoms with van der Waals surface area (Å²) >= 11 is 0. The van der Waals surface area contributed by atoms with Crippen molar-refractivity contribution in [2.75, 3.05) is 0 Å². The molecule has 0 atom stereocenters. The number of aromatic nitrogens is 3. The van der Waals surface area contributed by atoms with E-state index in [4.69, 9.17) is 0 Å². The Hall–Kier alpha value is -2.94. The molecular formula is C19H15N3. The first kappa shape index (κ1) is 12.8. The summed E-state index contributed by atoms with van der Waals surface area (Å²) in [4.78, 5) is 0. The zero-order valence-electron chi connectivity index (χ0n) is 12.3. The second kappa shape index (κ2) is 5.11. The lowest BCUT2D eigenvalue weighted by Crippen LogP contribution is -1.95. The molecule has 0 radical (unpaired) electrons. The van der Waals surface area contributed by atoms with Crippen LogP contribution >= 0.6 is 0 Å². The summed E-state index contributed by atoms with van der Waals surface area (Å²) in [6, 6.07) is 22.8. The van der Waals surface area contributed by atoms with E-state index in [9.17, 15) is 0 Å². The summed E-state index contributed by atoms with van der Waals surface area (Å²) in [6.07, 6.45) is 1.98. The predicted octanol–water partition coefficient (Wildman–Crippen LogP) is 4.40. The number of hydrogen-bond donors (Lipinski definition) is 0. The normalized spacial score (nSPS) is 11.0. The average molecular weight is 285 g/mol.